The minimum Gasteiger partial charge on any atom is -0.367 e. The summed E-state index contributed by atoms with van der Waals surface area (Å²) >= 11 is 0. The number of piperidine rings is 1. The van der Waals surface area contributed by atoms with Gasteiger partial charge in [-0.05, 0) is 36.8 Å². The van der Waals surface area contributed by atoms with Crippen LogP contribution >= 0.6 is 0 Å². The van der Waals surface area contributed by atoms with Crippen LogP contribution < -0.4 is 10.2 Å². The molecule has 0 radical (unpaired) electrons. The maximum Gasteiger partial charge on any atom is 0.223 e. The van der Waals surface area contributed by atoms with E-state index in [0.29, 0.717) is 11.8 Å². The van der Waals surface area contributed by atoms with Gasteiger partial charge in [0.15, 0.2) is 0 Å². The number of nitrogens with zero attached hydrogens (tertiary/aromatic N) is 3. The molecule has 0 bridgehead atoms. The van der Waals surface area contributed by atoms with E-state index < -0.39 is 0 Å². The number of amides is 1. The molecule has 1 amide bonds. The Kier molecular flexibility index (Phi) is 5.44. The molecule has 0 aliphatic carbocycles. The van der Waals surface area contributed by atoms with Crippen molar-refractivity contribution in [1.29, 1.82) is 0 Å². The maximum atomic E-state index is 12.5. The second-order valence-corrected chi connectivity index (χ2v) is 8.14. The summed E-state index contributed by atoms with van der Waals surface area (Å²) in [5.74, 6) is 1.05. The van der Waals surface area contributed by atoms with Crippen molar-refractivity contribution in [3.8, 4) is 0 Å². The summed E-state index contributed by atoms with van der Waals surface area (Å²) in [7, 11) is 0. The molecular weight excluding hydrogens is 324 g/mol. The Labute approximate surface area is 156 Å². The highest BCUT2D eigenvalue weighted by Crippen LogP contribution is 2.30. The van der Waals surface area contributed by atoms with E-state index in [1.54, 1.807) is 12.4 Å². The summed E-state index contributed by atoms with van der Waals surface area (Å²) in [6.07, 6.45) is 4.51. The van der Waals surface area contributed by atoms with Crippen LogP contribution in [0, 0.1) is 24.7 Å². The van der Waals surface area contributed by atoms with E-state index in [2.05, 4.69) is 60.0 Å². The lowest BCUT2D eigenvalue weighted by atomic mass is 9.93. The number of anilines is 1. The third kappa shape index (κ3) is 3.81. The van der Waals surface area contributed by atoms with Crippen LogP contribution in [-0.2, 0) is 4.79 Å². The Morgan fingerprint density at radius 3 is 2.54 bits per heavy atom. The third-order valence-electron chi connectivity index (χ3n) is 5.57. The van der Waals surface area contributed by atoms with Gasteiger partial charge >= 0.3 is 0 Å². The standard InChI is InChI=1S/C21H30N4O/c1-13(2)16(5)21(26)24-17-10-14(3)11-25(12-17)18-7-6-15(4)19-20(18)23-9-8-22-19/h6-9,13-14,16-17H,10-12H2,1-5H3,(H,24,26)/t14-,16?,17+/m0/s1. The van der Waals surface area contributed by atoms with Crippen molar-refractivity contribution in [1.82, 2.24) is 15.3 Å². The van der Waals surface area contributed by atoms with Gasteiger partial charge in [0.2, 0.25) is 5.91 Å². The van der Waals surface area contributed by atoms with E-state index in [1.165, 1.54) is 0 Å². The smallest absolute Gasteiger partial charge is 0.223 e. The van der Waals surface area contributed by atoms with Gasteiger partial charge in [-0.1, -0.05) is 33.8 Å². The molecule has 0 spiro atoms. The molecule has 1 aromatic heterocycles. The average molecular weight is 354 g/mol. The van der Waals surface area contributed by atoms with E-state index in [1.807, 2.05) is 6.92 Å². The van der Waals surface area contributed by atoms with E-state index in [9.17, 15) is 4.79 Å². The van der Waals surface area contributed by atoms with Crippen LogP contribution in [0.2, 0.25) is 0 Å². The molecule has 0 saturated carbocycles. The number of nitrogens with one attached hydrogen (secondary N) is 1. The Hall–Kier alpha value is -2.17. The molecule has 2 aromatic rings. The fraction of sp³-hybridized carbons (Fsp3) is 0.571. The van der Waals surface area contributed by atoms with E-state index in [4.69, 9.17) is 0 Å². The summed E-state index contributed by atoms with van der Waals surface area (Å²) in [6.45, 7) is 12.3. The zero-order chi connectivity index (χ0) is 18.8. The molecule has 1 aromatic carbocycles. The van der Waals surface area contributed by atoms with Gasteiger partial charge in [-0.25, -0.2) is 0 Å². The first-order chi connectivity index (χ1) is 12.4. The lowest BCUT2D eigenvalue weighted by Crippen LogP contribution is -2.51. The Bertz CT molecular complexity index is 789. The van der Waals surface area contributed by atoms with Gasteiger partial charge in [0.25, 0.3) is 0 Å². The number of aromatic nitrogens is 2. The Morgan fingerprint density at radius 1 is 1.15 bits per heavy atom. The van der Waals surface area contributed by atoms with Gasteiger partial charge in [0.1, 0.15) is 5.52 Å². The van der Waals surface area contributed by atoms with Gasteiger partial charge in [-0.3, -0.25) is 14.8 Å². The van der Waals surface area contributed by atoms with E-state index in [0.717, 1.165) is 41.8 Å². The molecule has 1 aliphatic rings. The van der Waals surface area contributed by atoms with Crippen LogP contribution in [0.15, 0.2) is 24.5 Å². The molecule has 5 heteroatoms. The van der Waals surface area contributed by atoms with Crippen molar-refractivity contribution in [2.24, 2.45) is 17.8 Å². The van der Waals surface area contributed by atoms with Crippen LogP contribution in [-0.4, -0.2) is 35.0 Å². The molecule has 26 heavy (non-hydrogen) atoms. The quantitative estimate of drug-likeness (QED) is 0.912. The first-order valence-corrected chi connectivity index (χ1v) is 9.62. The van der Waals surface area contributed by atoms with Gasteiger partial charge in [-0.15, -0.1) is 0 Å². The summed E-state index contributed by atoms with van der Waals surface area (Å²) in [5, 5.41) is 3.27. The average Bonchev–Trinajstić information content (AvgIpc) is 2.61. The molecule has 2 heterocycles. The second-order valence-electron chi connectivity index (χ2n) is 8.14. The van der Waals surface area contributed by atoms with Crippen molar-refractivity contribution >= 4 is 22.6 Å². The number of rotatable bonds is 4. The first kappa shape index (κ1) is 18.6. The summed E-state index contributed by atoms with van der Waals surface area (Å²) in [6, 6.07) is 4.42. The minimum absolute atomic E-state index is 0.0340. The highest BCUT2D eigenvalue weighted by Gasteiger charge is 2.29. The lowest BCUT2D eigenvalue weighted by Gasteiger charge is -2.39. The van der Waals surface area contributed by atoms with Crippen LogP contribution in [0.1, 0.15) is 39.7 Å². The fourth-order valence-corrected chi connectivity index (χ4v) is 3.72. The monoisotopic (exact) mass is 354 g/mol. The van der Waals surface area contributed by atoms with E-state index in [-0.39, 0.29) is 17.9 Å². The highest BCUT2D eigenvalue weighted by atomic mass is 16.1. The molecule has 3 rings (SSSR count). The Balaban J connectivity index is 1.83. The van der Waals surface area contributed by atoms with E-state index >= 15 is 0 Å². The van der Waals surface area contributed by atoms with Crippen molar-refractivity contribution in [3.63, 3.8) is 0 Å². The van der Waals surface area contributed by atoms with Crippen molar-refractivity contribution in [2.45, 2.75) is 47.1 Å². The van der Waals surface area contributed by atoms with Gasteiger partial charge in [-0.2, -0.15) is 0 Å². The normalized spacial score (nSPS) is 21.8. The number of fused-ring (bicyclic) bond motifs is 1. The number of hydrogen-bond acceptors (Lipinski definition) is 4. The summed E-state index contributed by atoms with van der Waals surface area (Å²) in [5.41, 5.74) is 4.15. The predicted molar refractivity (Wildman–Crippen MR) is 106 cm³/mol. The maximum absolute atomic E-state index is 12.5. The van der Waals surface area contributed by atoms with Gasteiger partial charge in [0, 0.05) is 37.4 Å². The molecule has 140 valence electrons. The van der Waals surface area contributed by atoms with Crippen molar-refractivity contribution in [3.05, 3.63) is 30.1 Å². The first-order valence-electron chi connectivity index (χ1n) is 9.62. The largest absolute Gasteiger partial charge is 0.367 e. The van der Waals surface area contributed by atoms with Crippen molar-refractivity contribution in [2.75, 3.05) is 18.0 Å². The molecule has 5 nitrogen and oxygen atoms in total. The number of hydrogen-bond donors (Lipinski definition) is 1. The van der Waals surface area contributed by atoms with Crippen LogP contribution in [0.25, 0.3) is 11.0 Å². The summed E-state index contributed by atoms with van der Waals surface area (Å²) in [4.78, 5) is 24.0. The van der Waals surface area contributed by atoms with Crippen LogP contribution in [0.5, 0.6) is 0 Å². The molecule has 3 atom stereocenters. The number of carbonyl (C=O) groups excluding carboxylic acids is 1. The molecule has 1 N–H and O–H groups in total. The van der Waals surface area contributed by atoms with Crippen LogP contribution in [0.3, 0.4) is 0 Å². The topological polar surface area (TPSA) is 58.1 Å². The highest BCUT2D eigenvalue weighted by molar-refractivity contribution is 5.90. The molecular formula is C21H30N4O. The third-order valence-corrected chi connectivity index (χ3v) is 5.57. The number of benzene rings is 1. The Morgan fingerprint density at radius 2 is 1.85 bits per heavy atom. The van der Waals surface area contributed by atoms with Gasteiger partial charge in [0.05, 0.1) is 11.2 Å². The molecule has 1 aliphatic heterocycles. The predicted octanol–water partition coefficient (Wildman–Crippen LogP) is 3.56. The lowest BCUT2D eigenvalue weighted by molar-refractivity contribution is -0.126. The number of aryl methyl sites for hydroxylation is 1. The second kappa shape index (κ2) is 7.60. The number of carbonyl (C=O) groups is 1. The summed E-state index contributed by atoms with van der Waals surface area (Å²) < 4.78 is 0. The molecule has 1 saturated heterocycles. The SMILES string of the molecule is Cc1ccc(N2C[C@@H](C)C[C@@H](NC(=O)C(C)C(C)C)C2)c2nccnc12. The fourth-order valence-electron chi connectivity index (χ4n) is 3.72. The molecule has 1 unspecified atom stereocenters. The zero-order valence-corrected chi connectivity index (χ0v) is 16.5. The van der Waals surface area contributed by atoms with Gasteiger partial charge < -0.3 is 10.2 Å². The van der Waals surface area contributed by atoms with Crippen molar-refractivity contribution < 1.29 is 4.79 Å². The van der Waals surface area contributed by atoms with Crippen LogP contribution in [0.4, 0.5) is 5.69 Å². The minimum atomic E-state index is 0.0340. The zero-order valence-electron chi connectivity index (χ0n) is 16.5. The molecule has 1 fully saturated rings.